The highest BCUT2D eigenvalue weighted by molar-refractivity contribution is 5.82. The molecule has 1 heterocycles. The fraction of sp³-hybridized carbons (Fsp3) is 0.875. The van der Waals surface area contributed by atoms with Crippen LogP contribution in [0, 0.1) is 0 Å². The molecule has 1 aliphatic rings. The van der Waals surface area contributed by atoms with E-state index in [4.69, 9.17) is 0 Å². The number of amides is 1. The Morgan fingerprint density at radius 3 is 2.64 bits per heavy atom. The molecule has 0 aliphatic carbocycles. The van der Waals surface area contributed by atoms with Crippen molar-refractivity contribution in [3.8, 4) is 0 Å². The molecule has 6 heteroatoms. The molecule has 1 fully saturated rings. The van der Waals surface area contributed by atoms with Crippen molar-refractivity contribution in [1.29, 1.82) is 0 Å². The molecule has 0 spiro atoms. The molecule has 0 bridgehead atoms. The van der Waals surface area contributed by atoms with Crippen LogP contribution in [0.3, 0.4) is 0 Å². The molecule has 0 aromatic carbocycles. The van der Waals surface area contributed by atoms with Gasteiger partial charge in [-0.05, 0) is 26.3 Å². The first-order chi connectivity index (χ1) is 6.41. The highest BCUT2D eigenvalue weighted by atomic mass is 19.4. The Bertz CT molecular complexity index is 217. The maximum absolute atomic E-state index is 11.9. The summed E-state index contributed by atoms with van der Waals surface area (Å²) in [7, 11) is 0. The van der Waals surface area contributed by atoms with Gasteiger partial charge < -0.3 is 10.6 Å². The van der Waals surface area contributed by atoms with Crippen LogP contribution in [0.15, 0.2) is 0 Å². The third-order valence-corrected chi connectivity index (χ3v) is 2.34. The Hall–Kier alpha value is -0.780. The fourth-order valence-electron chi connectivity index (χ4n) is 1.49. The summed E-state index contributed by atoms with van der Waals surface area (Å²) in [6, 6.07) is -0.520. The first kappa shape index (κ1) is 11.3. The normalized spacial score (nSPS) is 28.6. The van der Waals surface area contributed by atoms with E-state index >= 15 is 0 Å². The van der Waals surface area contributed by atoms with Crippen molar-refractivity contribution in [3.63, 3.8) is 0 Å². The summed E-state index contributed by atoms with van der Waals surface area (Å²) in [5, 5.41) is 4.99. The topological polar surface area (TPSA) is 41.1 Å². The Morgan fingerprint density at radius 1 is 1.50 bits per heavy atom. The molecule has 0 aromatic rings. The van der Waals surface area contributed by atoms with E-state index in [1.807, 2.05) is 5.32 Å². The lowest BCUT2D eigenvalue weighted by molar-refractivity contribution is -0.174. The molecular weight excluding hydrogens is 197 g/mol. The van der Waals surface area contributed by atoms with Crippen LogP contribution in [0.4, 0.5) is 13.2 Å². The number of rotatable bonds is 1. The van der Waals surface area contributed by atoms with E-state index in [0.717, 1.165) is 13.0 Å². The molecule has 1 rings (SSSR count). The number of piperidine rings is 1. The summed E-state index contributed by atoms with van der Waals surface area (Å²) in [6.45, 7) is 2.56. The second kappa shape index (κ2) is 4.16. The van der Waals surface area contributed by atoms with E-state index < -0.39 is 18.1 Å². The summed E-state index contributed by atoms with van der Waals surface area (Å²) >= 11 is 0. The number of hydrogen-bond acceptors (Lipinski definition) is 2. The molecule has 1 saturated heterocycles. The van der Waals surface area contributed by atoms with Crippen LogP contribution in [0.5, 0.6) is 0 Å². The lowest BCUT2D eigenvalue weighted by Gasteiger charge is -2.30. The summed E-state index contributed by atoms with van der Waals surface area (Å²) in [5.74, 6) is -1.85. The maximum Gasteiger partial charge on any atom is 0.471 e. The lowest BCUT2D eigenvalue weighted by atomic mass is 10.00. The Morgan fingerprint density at radius 2 is 2.14 bits per heavy atom. The average molecular weight is 210 g/mol. The molecule has 1 aliphatic heterocycles. The van der Waals surface area contributed by atoms with Crippen molar-refractivity contribution >= 4 is 5.91 Å². The van der Waals surface area contributed by atoms with Gasteiger partial charge in [-0.2, -0.15) is 13.2 Å². The standard InChI is InChI=1S/C8H13F3N2O/c1-5-6(3-2-4-12-5)13-7(14)8(9,10)11/h5-6,12H,2-4H2,1H3,(H,13,14)/t5-,6+/m0/s1. The van der Waals surface area contributed by atoms with Gasteiger partial charge >= 0.3 is 12.1 Å². The summed E-state index contributed by atoms with van der Waals surface area (Å²) in [5.41, 5.74) is 0. The molecule has 0 radical (unpaired) electrons. The highest BCUT2D eigenvalue weighted by Gasteiger charge is 2.40. The van der Waals surface area contributed by atoms with Gasteiger partial charge in [0.05, 0.1) is 0 Å². The molecule has 3 nitrogen and oxygen atoms in total. The van der Waals surface area contributed by atoms with Gasteiger partial charge in [0, 0.05) is 12.1 Å². The van der Waals surface area contributed by atoms with Crippen LogP contribution in [0.1, 0.15) is 19.8 Å². The van der Waals surface area contributed by atoms with Crippen molar-refractivity contribution in [2.75, 3.05) is 6.54 Å². The zero-order chi connectivity index (χ0) is 10.8. The van der Waals surface area contributed by atoms with Gasteiger partial charge in [-0.3, -0.25) is 4.79 Å². The van der Waals surface area contributed by atoms with Crippen molar-refractivity contribution in [2.24, 2.45) is 0 Å². The molecule has 82 valence electrons. The minimum Gasteiger partial charge on any atom is -0.344 e. The Balaban J connectivity index is 2.46. The lowest BCUT2D eigenvalue weighted by Crippen LogP contribution is -2.54. The van der Waals surface area contributed by atoms with Crippen molar-refractivity contribution < 1.29 is 18.0 Å². The first-order valence-corrected chi connectivity index (χ1v) is 4.52. The number of carbonyl (C=O) groups excluding carboxylic acids is 1. The molecule has 14 heavy (non-hydrogen) atoms. The molecule has 0 aromatic heterocycles. The predicted molar refractivity (Wildman–Crippen MR) is 44.7 cm³/mol. The minimum atomic E-state index is -4.78. The second-order valence-corrected chi connectivity index (χ2v) is 3.46. The first-order valence-electron chi connectivity index (χ1n) is 4.52. The minimum absolute atomic E-state index is 0.102. The van der Waals surface area contributed by atoms with Gasteiger partial charge in [-0.25, -0.2) is 0 Å². The second-order valence-electron chi connectivity index (χ2n) is 3.46. The number of hydrogen-bond donors (Lipinski definition) is 2. The van der Waals surface area contributed by atoms with E-state index in [9.17, 15) is 18.0 Å². The van der Waals surface area contributed by atoms with Gasteiger partial charge in [-0.1, -0.05) is 0 Å². The van der Waals surface area contributed by atoms with Gasteiger partial charge in [0.1, 0.15) is 0 Å². The summed E-state index contributed by atoms with van der Waals surface area (Å²) in [4.78, 5) is 10.6. The number of nitrogens with one attached hydrogen (secondary N) is 2. The molecule has 0 saturated carbocycles. The maximum atomic E-state index is 11.9. The third kappa shape index (κ3) is 2.87. The van der Waals surface area contributed by atoms with E-state index in [2.05, 4.69) is 5.32 Å². The monoisotopic (exact) mass is 210 g/mol. The fourth-order valence-corrected chi connectivity index (χ4v) is 1.49. The SMILES string of the molecule is C[C@@H]1NCCC[C@H]1NC(=O)C(F)(F)F. The average Bonchev–Trinajstić information content (AvgIpc) is 2.07. The molecule has 2 N–H and O–H groups in total. The van der Waals surface area contributed by atoms with Gasteiger partial charge in [0.25, 0.3) is 0 Å². The molecule has 2 atom stereocenters. The van der Waals surface area contributed by atoms with Crippen LogP contribution in [-0.4, -0.2) is 30.7 Å². The van der Waals surface area contributed by atoms with Gasteiger partial charge in [0.15, 0.2) is 0 Å². The van der Waals surface area contributed by atoms with Crippen LogP contribution in [0.25, 0.3) is 0 Å². The number of alkyl halides is 3. The molecule has 1 amide bonds. The van der Waals surface area contributed by atoms with Crippen molar-refractivity contribution in [2.45, 2.75) is 38.0 Å². The Kier molecular flexibility index (Phi) is 3.36. The Labute approximate surface area is 80.0 Å². The van der Waals surface area contributed by atoms with E-state index in [-0.39, 0.29) is 6.04 Å². The summed E-state index contributed by atoms with van der Waals surface area (Å²) < 4.78 is 35.7. The van der Waals surface area contributed by atoms with Crippen LogP contribution < -0.4 is 10.6 Å². The highest BCUT2D eigenvalue weighted by Crippen LogP contribution is 2.16. The predicted octanol–water partition coefficient (Wildman–Crippen LogP) is 0.805. The molecule has 0 unspecified atom stereocenters. The number of carbonyl (C=O) groups is 1. The quantitative estimate of drug-likeness (QED) is 0.672. The smallest absolute Gasteiger partial charge is 0.344 e. The van der Waals surface area contributed by atoms with E-state index in [1.54, 1.807) is 6.92 Å². The zero-order valence-electron chi connectivity index (χ0n) is 7.82. The van der Waals surface area contributed by atoms with Crippen LogP contribution in [-0.2, 0) is 4.79 Å². The molecular formula is C8H13F3N2O. The zero-order valence-corrected chi connectivity index (χ0v) is 7.82. The largest absolute Gasteiger partial charge is 0.471 e. The van der Waals surface area contributed by atoms with Crippen molar-refractivity contribution in [3.05, 3.63) is 0 Å². The van der Waals surface area contributed by atoms with Crippen LogP contribution in [0.2, 0.25) is 0 Å². The van der Waals surface area contributed by atoms with Crippen molar-refractivity contribution in [1.82, 2.24) is 10.6 Å². The third-order valence-electron chi connectivity index (χ3n) is 2.34. The van der Waals surface area contributed by atoms with Crippen LogP contribution >= 0.6 is 0 Å². The summed E-state index contributed by atoms with van der Waals surface area (Å²) in [6.07, 6.45) is -3.40. The van der Waals surface area contributed by atoms with Gasteiger partial charge in [0.2, 0.25) is 0 Å². The van der Waals surface area contributed by atoms with Gasteiger partial charge in [-0.15, -0.1) is 0 Å². The van der Waals surface area contributed by atoms with E-state index in [1.165, 1.54) is 0 Å². The van der Waals surface area contributed by atoms with E-state index in [0.29, 0.717) is 6.42 Å². The number of halogens is 3.